The third-order valence-electron chi connectivity index (χ3n) is 4.79. The van der Waals surface area contributed by atoms with Crippen molar-refractivity contribution in [3.8, 4) is 5.75 Å². The molecule has 5 heteroatoms. The topological polar surface area (TPSA) is 32.8 Å². The largest absolute Gasteiger partial charge is 0.480 e. The van der Waals surface area contributed by atoms with Crippen LogP contribution < -0.4 is 9.64 Å². The number of rotatable bonds is 5. The number of para-hydroxylation sites is 2. The van der Waals surface area contributed by atoms with E-state index in [-0.39, 0.29) is 11.7 Å². The molecule has 1 aliphatic heterocycles. The van der Waals surface area contributed by atoms with Crippen LogP contribution in [0.25, 0.3) is 0 Å². The first-order chi connectivity index (χ1) is 12.6. The molecule has 0 N–H and O–H groups in total. The molecule has 1 unspecified atom stereocenters. The first-order valence-corrected chi connectivity index (χ1v) is 9.10. The predicted molar refractivity (Wildman–Crippen MR) is 101 cm³/mol. The molecule has 1 fully saturated rings. The van der Waals surface area contributed by atoms with E-state index in [1.807, 2.05) is 54.0 Å². The van der Waals surface area contributed by atoms with Crippen LogP contribution in [0.5, 0.6) is 5.75 Å². The Hall–Kier alpha value is -2.56. The first kappa shape index (κ1) is 18.2. The summed E-state index contributed by atoms with van der Waals surface area (Å²) in [5.74, 6) is 0.531. The van der Waals surface area contributed by atoms with Crippen molar-refractivity contribution >= 4 is 11.6 Å². The normalized spacial score (nSPS) is 15.7. The second-order valence-electron chi connectivity index (χ2n) is 6.54. The van der Waals surface area contributed by atoms with Crippen LogP contribution in [-0.2, 0) is 4.79 Å². The van der Waals surface area contributed by atoms with Gasteiger partial charge in [0.25, 0.3) is 5.91 Å². The van der Waals surface area contributed by atoms with Gasteiger partial charge in [-0.25, -0.2) is 4.39 Å². The molecule has 0 aromatic heterocycles. The van der Waals surface area contributed by atoms with Gasteiger partial charge in [-0.15, -0.1) is 0 Å². The average Bonchev–Trinajstić information content (AvgIpc) is 2.67. The highest BCUT2D eigenvalue weighted by Gasteiger charge is 2.28. The lowest BCUT2D eigenvalue weighted by atomic mass is 10.2. The lowest BCUT2D eigenvalue weighted by Gasteiger charge is -2.37. The quantitative estimate of drug-likeness (QED) is 0.820. The Morgan fingerprint density at radius 1 is 1.08 bits per heavy atom. The smallest absolute Gasteiger partial charge is 0.263 e. The molecule has 0 spiro atoms. The van der Waals surface area contributed by atoms with E-state index < -0.39 is 6.10 Å². The number of hydrogen-bond donors (Lipinski definition) is 0. The van der Waals surface area contributed by atoms with Gasteiger partial charge in [0.05, 0.1) is 5.69 Å². The molecule has 1 amide bonds. The van der Waals surface area contributed by atoms with Crippen LogP contribution >= 0.6 is 0 Å². The molecule has 1 saturated heterocycles. The molecule has 1 heterocycles. The minimum absolute atomic E-state index is 0.00365. The van der Waals surface area contributed by atoms with Gasteiger partial charge in [-0.1, -0.05) is 37.3 Å². The predicted octanol–water partition coefficient (Wildman–Crippen LogP) is 3.64. The maximum Gasteiger partial charge on any atom is 0.263 e. The van der Waals surface area contributed by atoms with Gasteiger partial charge in [-0.05, 0) is 37.1 Å². The molecule has 0 saturated carbocycles. The van der Waals surface area contributed by atoms with Crippen molar-refractivity contribution < 1.29 is 13.9 Å². The van der Waals surface area contributed by atoms with E-state index in [1.54, 1.807) is 12.1 Å². The molecule has 4 nitrogen and oxygen atoms in total. The summed E-state index contributed by atoms with van der Waals surface area (Å²) in [7, 11) is 0. The van der Waals surface area contributed by atoms with Crippen molar-refractivity contribution in [2.45, 2.75) is 26.4 Å². The minimum atomic E-state index is -0.490. The summed E-state index contributed by atoms with van der Waals surface area (Å²) < 4.78 is 19.9. The number of nitrogens with zero attached hydrogens (tertiary/aromatic N) is 2. The number of piperazine rings is 1. The summed E-state index contributed by atoms with van der Waals surface area (Å²) >= 11 is 0. The molecule has 2 aromatic carbocycles. The number of hydrogen-bond acceptors (Lipinski definition) is 3. The molecule has 1 aliphatic rings. The van der Waals surface area contributed by atoms with Crippen molar-refractivity contribution in [1.29, 1.82) is 0 Å². The van der Waals surface area contributed by atoms with E-state index in [0.29, 0.717) is 38.3 Å². The van der Waals surface area contributed by atoms with Gasteiger partial charge in [0, 0.05) is 26.2 Å². The molecule has 0 radical (unpaired) electrons. The average molecular weight is 356 g/mol. The van der Waals surface area contributed by atoms with Gasteiger partial charge in [0.15, 0.2) is 6.10 Å². The van der Waals surface area contributed by atoms with Crippen LogP contribution in [0.1, 0.15) is 18.9 Å². The molecule has 1 atom stereocenters. The Balaban J connectivity index is 1.62. The van der Waals surface area contributed by atoms with Crippen molar-refractivity contribution in [2.75, 3.05) is 31.1 Å². The second-order valence-corrected chi connectivity index (χ2v) is 6.54. The lowest BCUT2D eigenvalue weighted by Crippen LogP contribution is -2.52. The van der Waals surface area contributed by atoms with Gasteiger partial charge < -0.3 is 14.5 Å². The molecule has 138 valence electrons. The van der Waals surface area contributed by atoms with Gasteiger partial charge in [-0.2, -0.15) is 0 Å². The van der Waals surface area contributed by atoms with Crippen LogP contribution in [0.4, 0.5) is 10.1 Å². The Bertz CT molecular complexity index is 757. The molecule has 26 heavy (non-hydrogen) atoms. The van der Waals surface area contributed by atoms with Gasteiger partial charge in [0.1, 0.15) is 11.6 Å². The molecular weight excluding hydrogens is 331 g/mol. The van der Waals surface area contributed by atoms with Gasteiger partial charge in [-0.3, -0.25) is 4.79 Å². The lowest BCUT2D eigenvalue weighted by molar-refractivity contribution is -0.139. The SMILES string of the molecule is CCC(Oc1ccccc1C)C(=O)N1CCN(c2ccccc2F)CC1. The van der Waals surface area contributed by atoms with Crippen molar-refractivity contribution in [3.63, 3.8) is 0 Å². The van der Waals surface area contributed by atoms with E-state index in [0.717, 1.165) is 11.3 Å². The number of aryl methyl sites for hydroxylation is 1. The fraction of sp³-hybridized carbons (Fsp3) is 0.381. The first-order valence-electron chi connectivity index (χ1n) is 9.10. The van der Waals surface area contributed by atoms with Gasteiger partial charge >= 0.3 is 0 Å². The molecule has 3 rings (SSSR count). The molecular formula is C21H25FN2O2. The van der Waals surface area contributed by atoms with E-state index in [4.69, 9.17) is 4.74 Å². The zero-order valence-corrected chi connectivity index (χ0v) is 15.3. The summed E-state index contributed by atoms with van der Waals surface area (Å²) in [6.07, 6.45) is 0.122. The van der Waals surface area contributed by atoms with Crippen molar-refractivity contribution in [3.05, 3.63) is 59.9 Å². The summed E-state index contributed by atoms with van der Waals surface area (Å²) in [6.45, 7) is 6.30. The summed E-state index contributed by atoms with van der Waals surface area (Å²) in [6, 6.07) is 14.5. The Morgan fingerprint density at radius 2 is 1.73 bits per heavy atom. The number of amides is 1. The molecule has 0 bridgehead atoms. The minimum Gasteiger partial charge on any atom is -0.480 e. The van der Waals surface area contributed by atoms with Crippen LogP contribution in [0.3, 0.4) is 0 Å². The van der Waals surface area contributed by atoms with E-state index in [2.05, 4.69) is 0 Å². The number of carbonyl (C=O) groups excluding carboxylic acids is 1. The number of benzene rings is 2. The maximum absolute atomic E-state index is 14.0. The number of ether oxygens (including phenoxy) is 1. The van der Waals surface area contributed by atoms with Crippen LogP contribution in [0.15, 0.2) is 48.5 Å². The summed E-state index contributed by atoms with van der Waals surface area (Å²) in [5, 5.41) is 0. The summed E-state index contributed by atoms with van der Waals surface area (Å²) in [5.41, 5.74) is 1.62. The van der Waals surface area contributed by atoms with Crippen molar-refractivity contribution in [2.24, 2.45) is 0 Å². The number of anilines is 1. The maximum atomic E-state index is 14.0. The zero-order valence-electron chi connectivity index (χ0n) is 15.3. The highest BCUT2D eigenvalue weighted by atomic mass is 19.1. The fourth-order valence-corrected chi connectivity index (χ4v) is 3.23. The zero-order chi connectivity index (χ0) is 18.5. The Labute approximate surface area is 154 Å². The van der Waals surface area contributed by atoms with Crippen LogP contribution in [0, 0.1) is 12.7 Å². The van der Waals surface area contributed by atoms with Crippen molar-refractivity contribution in [1.82, 2.24) is 4.90 Å². The number of carbonyl (C=O) groups is 1. The standard InChI is InChI=1S/C21H25FN2O2/c1-3-19(26-20-11-7-4-8-16(20)2)21(25)24-14-12-23(13-15-24)18-10-6-5-9-17(18)22/h4-11,19H,3,12-15H2,1-2H3. The highest BCUT2D eigenvalue weighted by molar-refractivity contribution is 5.81. The third-order valence-corrected chi connectivity index (χ3v) is 4.79. The Morgan fingerprint density at radius 3 is 2.38 bits per heavy atom. The van der Waals surface area contributed by atoms with Crippen LogP contribution in [0.2, 0.25) is 0 Å². The highest BCUT2D eigenvalue weighted by Crippen LogP contribution is 2.22. The monoisotopic (exact) mass is 356 g/mol. The van der Waals surface area contributed by atoms with E-state index in [9.17, 15) is 9.18 Å². The Kier molecular flexibility index (Phi) is 5.76. The van der Waals surface area contributed by atoms with Gasteiger partial charge in [0.2, 0.25) is 0 Å². The van der Waals surface area contributed by atoms with Crippen LogP contribution in [-0.4, -0.2) is 43.1 Å². The van der Waals surface area contributed by atoms with E-state index in [1.165, 1.54) is 6.07 Å². The third kappa shape index (κ3) is 3.98. The molecule has 2 aromatic rings. The fourth-order valence-electron chi connectivity index (χ4n) is 3.23. The summed E-state index contributed by atoms with van der Waals surface area (Å²) in [4.78, 5) is 16.7. The molecule has 0 aliphatic carbocycles. The van der Waals surface area contributed by atoms with E-state index >= 15 is 0 Å². The number of halogens is 1. The second kappa shape index (κ2) is 8.21.